The molecule has 1 aliphatic rings. The van der Waals surface area contributed by atoms with E-state index in [9.17, 15) is 4.79 Å². The molecule has 0 saturated carbocycles. The van der Waals surface area contributed by atoms with Crippen molar-refractivity contribution in [1.82, 2.24) is 5.32 Å². The summed E-state index contributed by atoms with van der Waals surface area (Å²) in [5, 5.41) is 3.06. The molecule has 0 aromatic heterocycles. The predicted molar refractivity (Wildman–Crippen MR) is 64.0 cm³/mol. The maximum Gasteiger partial charge on any atom is 0.226 e. The Morgan fingerprint density at radius 1 is 1.56 bits per heavy atom. The lowest BCUT2D eigenvalue weighted by atomic mass is 9.94. The maximum atomic E-state index is 12.1. The molecular formula is C12H24N2O2. The first-order chi connectivity index (χ1) is 7.56. The van der Waals surface area contributed by atoms with E-state index in [4.69, 9.17) is 10.5 Å². The molecule has 3 atom stereocenters. The molecule has 1 fully saturated rings. The van der Waals surface area contributed by atoms with Gasteiger partial charge in [-0.05, 0) is 26.2 Å². The Balaban J connectivity index is 2.57. The fourth-order valence-electron chi connectivity index (χ4n) is 2.02. The van der Waals surface area contributed by atoms with E-state index in [1.165, 1.54) is 0 Å². The van der Waals surface area contributed by atoms with Crippen LogP contribution in [-0.4, -0.2) is 30.7 Å². The summed E-state index contributed by atoms with van der Waals surface area (Å²) in [5.74, 6) is 0.0987. The van der Waals surface area contributed by atoms with Gasteiger partial charge in [-0.1, -0.05) is 13.8 Å². The number of ether oxygens (including phenoxy) is 1. The molecule has 0 aliphatic carbocycles. The van der Waals surface area contributed by atoms with E-state index in [-0.39, 0.29) is 23.5 Å². The number of nitrogens with one attached hydrogen (secondary N) is 1. The molecule has 1 amide bonds. The van der Waals surface area contributed by atoms with Gasteiger partial charge in [0.1, 0.15) is 0 Å². The summed E-state index contributed by atoms with van der Waals surface area (Å²) in [6.45, 7) is 7.25. The summed E-state index contributed by atoms with van der Waals surface area (Å²) >= 11 is 0. The fraction of sp³-hybridized carbons (Fsp3) is 0.917. The van der Waals surface area contributed by atoms with Crippen LogP contribution in [0.2, 0.25) is 0 Å². The van der Waals surface area contributed by atoms with E-state index >= 15 is 0 Å². The van der Waals surface area contributed by atoms with Gasteiger partial charge in [0.2, 0.25) is 5.91 Å². The van der Waals surface area contributed by atoms with Crippen LogP contribution in [0.3, 0.4) is 0 Å². The zero-order valence-electron chi connectivity index (χ0n) is 10.6. The molecular weight excluding hydrogens is 204 g/mol. The van der Waals surface area contributed by atoms with Gasteiger partial charge in [0.15, 0.2) is 0 Å². The highest BCUT2D eigenvalue weighted by Gasteiger charge is 2.35. The highest BCUT2D eigenvalue weighted by Crippen LogP contribution is 2.24. The molecule has 4 heteroatoms. The third-order valence-electron chi connectivity index (χ3n) is 3.60. The van der Waals surface area contributed by atoms with Gasteiger partial charge in [0.25, 0.3) is 0 Å². The lowest BCUT2D eigenvalue weighted by Gasteiger charge is -2.30. The minimum atomic E-state index is -0.280. The van der Waals surface area contributed by atoms with E-state index < -0.39 is 0 Å². The Hall–Kier alpha value is -0.610. The van der Waals surface area contributed by atoms with E-state index in [2.05, 4.69) is 12.2 Å². The minimum absolute atomic E-state index is 0.00225. The lowest BCUT2D eigenvalue weighted by molar-refractivity contribution is -0.128. The number of carbonyl (C=O) groups excluding carboxylic acids is 1. The number of amides is 1. The number of nitrogens with two attached hydrogens (primary N) is 1. The average Bonchev–Trinajstić information content (AvgIpc) is 2.76. The topological polar surface area (TPSA) is 64.3 Å². The van der Waals surface area contributed by atoms with Gasteiger partial charge in [0, 0.05) is 18.7 Å². The van der Waals surface area contributed by atoms with E-state index in [0.717, 1.165) is 19.3 Å². The number of hydrogen-bond donors (Lipinski definition) is 2. The summed E-state index contributed by atoms with van der Waals surface area (Å²) in [5.41, 5.74) is 5.41. The van der Waals surface area contributed by atoms with Crippen molar-refractivity contribution >= 4 is 5.91 Å². The molecule has 0 aromatic rings. The molecule has 1 rings (SSSR count). The summed E-state index contributed by atoms with van der Waals surface area (Å²) in [7, 11) is 0. The van der Waals surface area contributed by atoms with E-state index in [1.54, 1.807) is 0 Å². The largest absolute Gasteiger partial charge is 0.377 e. The Morgan fingerprint density at radius 3 is 2.75 bits per heavy atom. The SMILES string of the molecule is CCC1OCCC1C(=O)NC(C)(CC)CN. The first kappa shape index (κ1) is 13.5. The molecule has 1 aliphatic heterocycles. The van der Waals surface area contributed by atoms with Gasteiger partial charge in [-0.3, -0.25) is 4.79 Å². The molecule has 1 saturated heterocycles. The van der Waals surface area contributed by atoms with Crippen molar-refractivity contribution < 1.29 is 9.53 Å². The summed E-state index contributed by atoms with van der Waals surface area (Å²) in [6, 6.07) is 0. The Kier molecular flexibility index (Phi) is 4.74. The quantitative estimate of drug-likeness (QED) is 0.739. The van der Waals surface area contributed by atoms with Crippen LogP contribution in [0.1, 0.15) is 40.0 Å². The normalized spacial score (nSPS) is 28.8. The zero-order valence-corrected chi connectivity index (χ0v) is 10.6. The molecule has 0 aromatic carbocycles. The Bertz CT molecular complexity index is 239. The monoisotopic (exact) mass is 228 g/mol. The molecule has 3 unspecified atom stereocenters. The van der Waals surface area contributed by atoms with Crippen LogP contribution in [0.5, 0.6) is 0 Å². The summed E-state index contributed by atoms with van der Waals surface area (Å²) < 4.78 is 5.53. The van der Waals surface area contributed by atoms with Crippen LogP contribution >= 0.6 is 0 Å². The zero-order chi connectivity index (χ0) is 12.2. The van der Waals surface area contributed by atoms with Crippen LogP contribution in [0.4, 0.5) is 0 Å². The molecule has 4 nitrogen and oxygen atoms in total. The standard InChI is InChI=1S/C12H24N2O2/c1-4-10-9(6-7-16-10)11(15)14-12(3,5-2)8-13/h9-10H,4-8,13H2,1-3H3,(H,14,15). The number of rotatable bonds is 5. The fourth-order valence-corrected chi connectivity index (χ4v) is 2.02. The van der Waals surface area contributed by atoms with Crippen LogP contribution in [0.15, 0.2) is 0 Å². The third kappa shape index (κ3) is 2.95. The van der Waals surface area contributed by atoms with Crippen molar-refractivity contribution in [3.63, 3.8) is 0 Å². The van der Waals surface area contributed by atoms with Gasteiger partial charge >= 0.3 is 0 Å². The van der Waals surface area contributed by atoms with Crippen LogP contribution < -0.4 is 11.1 Å². The van der Waals surface area contributed by atoms with E-state index in [0.29, 0.717) is 13.2 Å². The van der Waals surface area contributed by atoms with Gasteiger partial charge in [-0.25, -0.2) is 0 Å². The van der Waals surface area contributed by atoms with Crippen molar-refractivity contribution in [3.8, 4) is 0 Å². The predicted octanol–water partition coefficient (Wildman–Crippen LogP) is 1.05. The first-order valence-electron chi connectivity index (χ1n) is 6.20. The molecule has 16 heavy (non-hydrogen) atoms. The maximum absolute atomic E-state index is 12.1. The van der Waals surface area contributed by atoms with Gasteiger partial charge in [-0.2, -0.15) is 0 Å². The molecule has 0 spiro atoms. The number of carbonyl (C=O) groups is 1. The third-order valence-corrected chi connectivity index (χ3v) is 3.60. The van der Waals surface area contributed by atoms with Gasteiger partial charge < -0.3 is 15.8 Å². The van der Waals surface area contributed by atoms with Crippen molar-refractivity contribution in [2.75, 3.05) is 13.2 Å². The number of hydrogen-bond acceptors (Lipinski definition) is 3. The van der Waals surface area contributed by atoms with Gasteiger partial charge in [0.05, 0.1) is 12.0 Å². The summed E-state index contributed by atoms with van der Waals surface area (Å²) in [4.78, 5) is 12.1. The molecule has 3 N–H and O–H groups in total. The average molecular weight is 228 g/mol. The van der Waals surface area contributed by atoms with Crippen molar-refractivity contribution in [1.29, 1.82) is 0 Å². The van der Waals surface area contributed by atoms with E-state index in [1.807, 2.05) is 13.8 Å². The Labute approximate surface area is 97.9 Å². The smallest absolute Gasteiger partial charge is 0.226 e. The highest BCUT2D eigenvalue weighted by atomic mass is 16.5. The van der Waals surface area contributed by atoms with Crippen LogP contribution in [0, 0.1) is 5.92 Å². The van der Waals surface area contributed by atoms with Crippen molar-refractivity contribution in [2.45, 2.75) is 51.7 Å². The van der Waals surface area contributed by atoms with Crippen LogP contribution in [-0.2, 0) is 9.53 Å². The molecule has 94 valence electrons. The second-order valence-corrected chi connectivity index (χ2v) is 4.82. The minimum Gasteiger partial charge on any atom is -0.377 e. The van der Waals surface area contributed by atoms with Crippen molar-refractivity contribution in [2.24, 2.45) is 11.7 Å². The second-order valence-electron chi connectivity index (χ2n) is 4.82. The molecule has 0 bridgehead atoms. The first-order valence-corrected chi connectivity index (χ1v) is 6.20. The Morgan fingerprint density at radius 2 is 2.25 bits per heavy atom. The molecule has 1 heterocycles. The summed E-state index contributed by atoms with van der Waals surface area (Å²) in [6.07, 6.45) is 2.65. The second kappa shape index (κ2) is 5.64. The lowest BCUT2D eigenvalue weighted by Crippen LogP contribution is -2.53. The molecule has 0 radical (unpaired) electrons. The highest BCUT2D eigenvalue weighted by molar-refractivity contribution is 5.80. The van der Waals surface area contributed by atoms with Crippen LogP contribution in [0.25, 0.3) is 0 Å². The van der Waals surface area contributed by atoms with Crippen molar-refractivity contribution in [3.05, 3.63) is 0 Å². The van der Waals surface area contributed by atoms with Gasteiger partial charge in [-0.15, -0.1) is 0 Å².